The van der Waals surface area contributed by atoms with E-state index in [1.54, 1.807) is 30.8 Å². The monoisotopic (exact) mass is 482 g/mol. The highest BCUT2D eigenvalue weighted by molar-refractivity contribution is 7.98. The fraction of sp³-hybridized carbons (Fsp3) is 0.286. The highest BCUT2D eigenvalue weighted by Gasteiger charge is 2.23. The number of rotatable bonds is 7. The predicted molar refractivity (Wildman–Crippen MR) is 124 cm³/mol. The summed E-state index contributed by atoms with van der Waals surface area (Å²) in [6.07, 6.45) is 0. The highest BCUT2D eigenvalue weighted by atomic mass is 35.5. The van der Waals surface area contributed by atoms with Crippen LogP contribution in [0, 0.1) is 6.92 Å². The smallest absolute Gasteiger partial charge is 0.238 e. The zero-order chi connectivity index (χ0) is 21.8. The summed E-state index contributed by atoms with van der Waals surface area (Å²) in [5, 5.41) is 12.6. The minimum atomic E-state index is -0.655. The van der Waals surface area contributed by atoms with Crippen LogP contribution in [-0.4, -0.2) is 26.0 Å². The molecule has 2 unspecified atom stereocenters. The molecular formula is C21H21Cl3N4OS. The number of alkyl halides is 1. The molecule has 1 heterocycles. The van der Waals surface area contributed by atoms with E-state index in [4.69, 9.17) is 34.8 Å². The zero-order valence-corrected chi connectivity index (χ0v) is 19.8. The number of halogens is 3. The van der Waals surface area contributed by atoms with Crippen molar-refractivity contribution in [3.05, 3.63) is 69.5 Å². The molecule has 2 atom stereocenters. The molecule has 0 aliphatic carbocycles. The lowest BCUT2D eigenvalue weighted by Gasteiger charge is -2.18. The van der Waals surface area contributed by atoms with E-state index in [9.17, 15) is 4.79 Å². The third kappa shape index (κ3) is 5.30. The lowest BCUT2D eigenvalue weighted by Crippen LogP contribution is -2.33. The Kier molecular flexibility index (Phi) is 7.69. The Hall–Kier alpha value is -1.73. The van der Waals surface area contributed by atoms with Gasteiger partial charge in [0, 0.05) is 10.8 Å². The number of benzene rings is 2. The molecule has 3 aromatic rings. The van der Waals surface area contributed by atoms with Crippen LogP contribution >= 0.6 is 46.6 Å². The van der Waals surface area contributed by atoms with Crippen molar-refractivity contribution >= 4 is 52.5 Å². The number of hydrogen-bond donors (Lipinski definition) is 1. The lowest BCUT2D eigenvalue weighted by molar-refractivity contribution is -0.121. The summed E-state index contributed by atoms with van der Waals surface area (Å²) in [6.45, 7) is 5.53. The maximum absolute atomic E-state index is 12.1. The molecule has 1 amide bonds. The molecule has 158 valence electrons. The van der Waals surface area contributed by atoms with Gasteiger partial charge in [-0.25, -0.2) is 0 Å². The Morgan fingerprint density at radius 3 is 2.57 bits per heavy atom. The number of amides is 1. The van der Waals surface area contributed by atoms with Gasteiger partial charge in [0.15, 0.2) is 11.0 Å². The van der Waals surface area contributed by atoms with Gasteiger partial charge >= 0.3 is 0 Å². The fourth-order valence-corrected chi connectivity index (χ4v) is 4.44. The summed E-state index contributed by atoms with van der Waals surface area (Å²) >= 11 is 20.0. The minimum Gasteiger partial charge on any atom is -0.345 e. The van der Waals surface area contributed by atoms with E-state index in [0.29, 0.717) is 26.7 Å². The van der Waals surface area contributed by atoms with Crippen molar-refractivity contribution in [1.29, 1.82) is 0 Å². The number of nitrogens with one attached hydrogen (secondary N) is 1. The summed E-state index contributed by atoms with van der Waals surface area (Å²) in [5.74, 6) is 0.988. The second-order valence-electron chi connectivity index (χ2n) is 6.83. The van der Waals surface area contributed by atoms with Crippen molar-refractivity contribution in [2.24, 2.45) is 0 Å². The third-order valence-electron chi connectivity index (χ3n) is 4.53. The molecule has 3 rings (SSSR count). The number of aryl methyl sites for hydroxylation is 1. The lowest BCUT2D eigenvalue weighted by atomic mass is 10.1. The molecule has 0 saturated carbocycles. The molecule has 0 aliphatic heterocycles. The van der Waals surface area contributed by atoms with Crippen LogP contribution in [-0.2, 0) is 10.5 Å². The van der Waals surface area contributed by atoms with E-state index in [2.05, 4.69) is 34.6 Å². The van der Waals surface area contributed by atoms with Crippen LogP contribution in [0.15, 0.2) is 47.6 Å². The zero-order valence-electron chi connectivity index (χ0n) is 16.7. The largest absolute Gasteiger partial charge is 0.345 e. The van der Waals surface area contributed by atoms with Crippen LogP contribution in [0.1, 0.15) is 36.8 Å². The predicted octanol–water partition coefficient (Wildman–Crippen LogP) is 5.98. The molecule has 1 aromatic heterocycles. The maximum atomic E-state index is 12.1. The van der Waals surface area contributed by atoms with Crippen LogP contribution in [0.2, 0.25) is 10.0 Å². The van der Waals surface area contributed by atoms with Crippen LogP contribution in [0.3, 0.4) is 0 Å². The van der Waals surface area contributed by atoms with E-state index in [1.165, 1.54) is 11.1 Å². The normalized spacial score (nSPS) is 13.1. The summed E-state index contributed by atoms with van der Waals surface area (Å²) < 4.78 is 1.85. The number of carbonyl (C=O) groups is 1. The first-order chi connectivity index (χ1) is 14.3. The summed E-state index contributed by atoms with van der Waals surface area (Å²) in [7, 11) is 0. The van der Waals surface area contributed by atoms with E-state index >= 15 is 0 Å². The van der Waals surface area contributed by atoms with Crippen molar-refractivity contribution < 1.29 is 4.79 Å². The SMILES string of the molecule is Cc1ccccc1CSc1nnc(C(C)NC(=O)C(C)Cl)n1-c1ccc(Cl)cc1Cl. The molecule has 0 radical (unpaired) electrons. The van der Waals surface area contributed by atoms with Crippen molar-refractivity contribution in [3.8, 4) is 5.69 Å². The topological polar surface area (TPSA) is 59.8 Å². The molecule has 0 fully saturated rings. The van der Waals surface area contributed by atoms with Gasteiger partial charge in [-0.05, 0) is 50.1 Å². The average molecular weight is 484 g/mol. The Labute approximate surface area is 195 Å². The Bertz CT molecular complexity index is 1050. The second kappa shape index (κ2) is 10.1. The van der Waals surface area contributed by atoms with Gasteiger partial charge in [0.2, 0.25) is 5.91 Å². The molecule has 9 heteroatoms. The average Bonchev–Trinajstić information content (AvgIpc) is 3.11. The molecule has 0 saturated heterocycles. The first kappa shape index (κ1) is 22.9. The van der Waals surface area contributed by atoms with Gasteiger partial charge in [0.05, 0.1) is 16.8 Å². The fourth-order valence-electron chi connectivity index (χ4n) is 2.85. The van der Waals surface area contributed by atoms with Crippen molar-refractivity contribution in [3.63, 3.8) is 0 Å². The van der Waals surface area contributed by atoms with E-state index in [0.717, 1.165) is 5.75 Å². The van der Waals surface area contributed by atoms with Crippen molar-refractivity contribution in [2.75, 3.05) is 0 Å². The van der Waals surface area contributed by atoms with Gasteiger partial charge in [-0.1, -0.05) is 59.2 Å². The van der Waals surface area contributed by atoms with Gasteiger partial charge in [-0.2, -0.15) is 0 Å². The van der Waals surface area contributed by atoms with E-state index in [-0.39, 0.29) is 5.91 Å². The number of nitrogens with zero attached hydrogens (tertiary/aromatic N) is 3. The van der Waals surface area contributed by atoms with E-state index < -0.39 is 11.4 Å². The van der Waals surface area contributed by atoms with Gasteiger partial charge in [0.25, 0.3) is 0 Å². The third-order valence-corrected chi connectivity index (χ3v) is 6.25. The Balaban J connectivity index is 1.99. The minimum absolute atomic E-state index is 0.282. The molecule has 30 heavy (non-hydrogen) atoms. The van der Waals surface area contributed by atoms with E-state index in [1.807, 2.05) is 29.7 Å². The molecule has 2 aromatic carbocycles. The molecule has 0 spiro atoms. The molecule has 0 aliphatic rings. The van der Waals surface area contributed by atoms with Crippen molar-refractivity contribution in [1.82, 2.24) is 20.1 Å². The van der Waals surface area contributed by atoms with Crippen LogP contribution in [0.4, 0.5) is 0 Å². The second-order valence-corrected chi connectivity index (χ2v) is 9.27. The first-order valence-electron chi connectivity index (χ1n) is 9.30. The van der Waals surface area contributed by atoms with Crippen LogP contribution in [0.25, 0.3) is 5.69 Å². The quantitative estimate of drug-likeness (QED) is 0.332. The number of thioether (sulfide) groups is 1. The number of carbonyl (C=O) groups excluding carboxylic acids is 1. The summed E-state index contributed by atoms with van der Waals surface area (Å²) in [6, 6.07) is 13.0. The number of aromatic nitrogens is 3. The molecule has 0 bridgehead atoms. The van der Waals surface area contributed by atoms with Gasteiger partial charge in [0.1, 0.15) is 5.38 Å². The first-order valence-corrected chi connectivity index (χ1v) is 11.5. The van der Waals surface area contributed by atoms with Gasteiger partial charge in [-0.15, -0.1) is 21.8 Å². The van der Waals surface area contributed by atoms with Crippen LogP contribution in [0.5, 0.6) is 0 Å². The van der Waals surface area contributed by atoms with Crippen molar-refractivity contribution in [2.45, 2.75) is 43.1 Å². The molecular weight excluding hydrogens is 463 g/mol. The van der Waals surface area contributed by atoms with Gasteiger partial charge < -0.3 is 5.32 Å². The maximum Gasteiger partial charge on any atom is 0.238 e. The summed E-state index contributed by atoms with van der Waals surface area (Å²) in [4.78, 5) is 12.1. The van der Waals surface area contributed by atoms with Gasteiger partial charge in [-0.3, -0.25) is 9.36 Å². The highest BCUT2D eigenvalue weighted by Crippen LogP contribution is 2.32. The summed E-state index contributed by atoms with van der Waals surface area (Å²) in [5.41, 5.74) is 3.10. The molecule has 5 nitrogen and oxygen atoms in total. The Morgan fingerprint density at radius 2 is 1.90 bits per heavy atom. The van der Waals surface area contributed by atoms with Crippen LogP contribution < -0.4 is 5.32 Å². The number of hydrogen-bond acceptors (Lipinski definition) is 4. The standard InChI is InChI=1S/C21H21Cl3N4OS/c1-12-6-4-5-7-15(12)11-30-21-27-26-19(14(3)25-20(29)13(2)22)28(21)18-9-8-16(23)10-17(18)24/h4-10,13-14H,11H2,1-3H3,(H,25,29). The Morgan fingerprint density at radius 1 is 1.17 bits per heavy atom. The molecule has 1 N–H and O–H groups in total.